The Morgan fingerprint density at radius 2 is 1.36 bits per heavy atom. The minimum absolute atomic E-state index is 0.0521. The summed E-state index contributed by atoms with van der Waals surface area (Å²) >= 11 is 3.13. The number of thiazole rings is 1. The van der Waals surface area contributed by atoms with Crippen LogP contribution in [0.5, 0.6) is 0 Å². The Hall–Kier alpha value is -4.82. The van der Waals surface area contributed by atoms with Gasteiger partial charge < -0.3 is 31.3 Å². The molecule has 0 saturated carbocycles. The molecule has 11 nitrogen and oxygen atoms in total. The number of thioether (sulfide) groups is 1. The minimum atomic E-state index is -1.33. The number of carboxylic acid groups (broad SMARTS) is 1. The van der Waals surface area contributed by atoms with Gasteiger partial charge in [-0.15, -0.1) is 23.1 Å². The quantitative estimate of drug-likeness (QED) is 0.0382. The highest BCUT2D eigenvalue weighted by molar-refractivity contribution is 8.00. The number of aliphatic hydroxyl groups excluding tert-OH is 2. The van der Waals surface area contributed by atoms with Crippen molar-refractivity contribution in [1.82, 2.24) is 20.9 Å². The number of nitrogens with zero attached hydrogens (tertiary/aromatic N) is 1. The summed E-state index contributed by atoms with van der Waals surface area (Å²) < 4.78 is -0.473. The molecule has 0 bridgehead atoms. The van der Waals surface area contributed by atoms with E-state index in [0.717, 1.165) is 16.7 Å². The molecular weight excluding hydrogens is 737 g/mol. The van der Waals surface area contributed by atoms with E-state index in [9.17, 15) is 29.4 Å². The molecule has 4 rings (SSSR count). The van der Waals surface area contributed by atoms with E-state index in [-0.39, 0.29) is 18.8 Å². The second-order valence-electron chi connectivity index (χ2n) is 13.6. The van der Waals surface area contributed by atoms with Gasteiger partial charge >= 0.3 is 5.97 Å². The predicted molar refractivity (Wildman–Crippen MR) is 216 cm³/mol. The molecule has 3 aromatic carbocycles. The molecule has 3 unspecified atom stereocenters. The summed E-state index contributed by atoms with van der Waals surface area (Å²) in [5.41, 5.74) is 5.62. The molecule has 55 heavy (non-hydrogen) atoms. The average molecular weight is 787 g/mol. The maximum atomic E-state index is 13.4. The number of carbonyl (C=O) groups excluding carboxylic acids is 3. The van der Waals surface area contributed by atoms with Gasteiger partial charge in [0.15, 0.2) is 0 Å². The fourth-order valence-corrected chi connectivity index (χ4v) is 8.29. The lowest BCUT2D eigenvalue weighted by Gasteiger charge is -2.35. The van der Waals surface area contributed by atoms with E-state index in [1.54, 1.807) is 42.6 Å². The minimum Gasteiger partial charge on any atom is -0.481 e. The van der Waals surface area contributed by atoms with Gasteiger partial charge in [-0.25, -0.2) is 4.98 Å². The Bertz CT molecular complexity index is 1730. The van der Waals surface area contributed by atoms with Gasteiger partial charge in [0.05, 0.1) is 47.0 Å². The largest absolute Gasteiger partial charge is 0.481 e. The van der Waals surface area contributed by atoms with Crippen LogP contribution in [-0.2, 0) is 30.3 Å². The fourth-order valence-electron chi connectivity index (χ4n) is 6.25. The van der Waals surface area contributed by atoms with Crippen molar-refractivity contribution in [3.63, 3.8) is 0 Å². The molecule has 6 N–H and O–H groups in total. The third-order valence-corrected chi connectivity index (χ3v) is 11.2. The van der Waals surface area contributed by atoms with Crippen molar-refractivity contribution in [3.8, 4) is 0 Å². The first-order valence-corrected chi connectivity index (χ1v) is 20.2. The number of nitrogens with one attached hydrogen (secondary N) is 3. The van der Waals surface area contributed by atoms with Crippen LogP contribution in [-0.4, -0.2) is 80.1 Å². The average Bonchev–Trinajstić information content (AvgIpc) is 3.69. The van der Waals surface area contributed by atoms with E-state index in [2.05, 4.69) is 57.3 Å². The van der Waals surface area contributed by atoms with Crippen LogP contribution in [0.25, 0.3) is 0 Å². The summed E-state index contributed by atoms with van der Waals surface area (Å²) in [5.74, 6) is -2.61. The van der Waals surface area contributed by atoms with Gasteiger partial charge in [-0.2, -0.15) is 0 Å². The van der Waals surface area contributed by atoms with Gasteiger partial charge in [-0.05, 0) is 41.7 Å². The van der Waals surface area contributed by atoms with E-state index in [1.807, 2.05) is 60.7 Å². The van der Waals surface area contributed by atoms with E-state index < -0.39 is 65.2 Å². The summed E-state index contributed by atoms with van der Waals surface area (Å²) in [6.45, 7) is 4.91. The number of hydrogen-bond donors (Lipinski definition) is 6. The van der Waals surface area contributed by atoms with E-state index in [1.165, 1.54) is 18.3 Å². The van der Waals surface area contributed by atoms with E-state index >= 15 is 0 Å². The topological polar surface area (TPSA) is 178 Å². The van der Waals surface area contributed by atoms with Gasteiger partial charge in [-0.1, -0.05) is 117 Å². The van der Waals surface area contributed by atoms with Crippen LogP contribution in [0.2, 0.25) is 0 Å². The van der Waals surface area contributed by atoms with Crippen molar-refractivity contribution in [2.75, 3.05) is 5.75 Å². The number of aromatic nitrogens is 1. The predicted octanol–water partition coefficient (Wildman–Crippen LogP) is 5.07. The molecule has 4 aromatic rings. The summed E-state index contributed by atoms with van der Waals surface area (Å²) in [7, 11) is 0. The maximum Gasteiger partial charge on any atom is 0.306 e. The highest BCUT2D eigenvalue weighted by Crippen LogP contribution is 2.48. The van der Waals surface area contributed by atoms with Gasteiger partial charge in [0.2, 0.25) is 17.7 Å². The first-order chi connectivity index (χ1) is 26.4. The zero-order valence-electron chi connectivity index (χ0n) is 31.2. The number of carbonyl (C=O) groups is 4. The van der Waals surface area contributed by atoms with Crippen LogP contribution in [0.3, 0.4) is 0 Å². The van der Waals surface area contributed by atoms with Crippen LogP contribution in [0.1, 0.15) is 62.4 Å². The first kappa shape index (κ1) is 42.9. The maximum absolute atomic E-state index is 13.4. The number of carboxylic acids is 1. The van der Waals surface area contributed by atoms with Crippen molar-refractivity contribution < 1.29 is 34.5 Å². The summed E-state index contributed by atoms with van der Waals surface area (Å²) in [4.78, 5) is 54.9. The molecule has 0 saturated heterocycles. The SMILES string of the molecule is CC(NC(=O)C(Cc1cscn1)NC(=O)CC(O)C=CCCSC(c1ccccc1)(c1ccccc1)c1ccccc1)C(=O)N[C@H](C(C)C)[C@@H](O)CC(=O)O. The van der Waals surface area contributed by atoms with Gasteiger partial charge in [-0.3, -0.25) is 19.2 Å². The van der Waals surface area contributed by atoms with Gasteiger partial charge in [0.25, 0.3) is 0 Å². The van der Waals surface area contributed by atoms with Crippen molar-refractivity contribution in [3.05, 3.63) is 136 Å². The standard InChI is InChI=1S/C42H50N4O7S2/c1-28(2)39(36(48)25-38(50)51)46-40(52)29(3)44-41(53)35(23-33-26-54-27-43-33)45-37(49)24-34(47)21-13-14-22-55-42(30-15-7-4-8-16-30,31-17-9-5-10-18-31)32-19-11-6-12-20-32/h4-13,15-21,26-29,34-36,39,47-48H,14,22-25H2,1-3H3,(H,44,53)(H,45,49)(H,46,52)(H,50,51)/t29?,34?,35?,36-,39+/m0/s1. The molecule has 1 aromatic heterocycles. The highest BCUT2D eigenvalue weighted by Gasteiger charge is 2.36. The molecule has 0 spiro atoms. The molecule has 5 atom stereocenters. The van der Waals surface area contributed by atoms with Crippen LogP contribution in [0.15, 0.2) is 114 Å². The molecular formula is C42H50N4O7S2. The monoisotopic (exact) mass is 786 g/mol. The molecule has 0 fully saturated rings. The van der Waals surface area contributed by atoms with Crippen molar-refractivity contribution in [1.29, 1.82) is 0 Å². The number of rotatable bonds is 21. The third-order valence-electron chi connectivity index (χ3n) is 9.02. The van der Waals surface area contributed by atoms with Crippen molar-refractivity contribution in [2.24, 2.45) is 5.92 Å². The van der Waals surface area contributed by atoms with Crippen LogP contribution in [0, 0.1) is 5.92 Å². The number of aliphatic carboxylic acids is 1. The fraction of sp³-hybridized carbons (Fsp3) is 0.357. The Morgan fingerprint density at radius 3 is 1.85 bits per heavy atom. The molecule has 0 radical (unpaired) electrons. The number of hydrogen-bond acceptors (Lipinski definition) is 9. The lowest BCUT2D eigenvalue weighted by atomic mass is 9.84. The molecule has 3 amide bonds. The van der Waals surface area contributed by atoms with E-state index in [4.69, 9.17) is 5.11 Å². The Labute approximate surface area is 330 Å². The molecule has 0 aliphatic carbocycles. The number of amides is 3. The molecule has 292 valence electrons. The highest BCUT2D eigenvalue weighted by atomic mass is 32.2. The van der Waals surface area contributed by atoms with Crippen LogP contribution >= 0.6 is 23.1 Å². The normalized spacial score (nSPS) is 14.4. The summed E-state index contributed by atoms with van der Waals surface area (Å²) in [5, 5.41) is 39.9. The first-order valence-electron chi connectivity index (χ1n) is 18.2. The van der Waals surface area contributed by atoms with Crippen molar-refractivity contribution in [2.45, 2.75) is 81.5 Å². The molecule has 0 aliphatic heterocycles. The lowest BCUT2D eigenvalue weighted by molar-refractivity contribution is -0.140. The zero-order chi connectivity index (χ0) is 39.8. The molecule has 0 aliphatic rings. The smallest absolute Gasteiger partial charge is 0.306 e. The Balaban J connectivity index is 1.37. The lowest BCUT2D eigenvalue weighted by Crippen LogP contribution is -2.56. The van der Waals surface area contributed by atoms with Crippen LogP contribution < -0.4 is 16.0 Å². The van der Waals surface area contributed by atoms with Gasteiger partial charge in [0.1, 0.15) is 12.1 Å². The number of aliphatic hydroxyl groups is 2. The van der Waals surface area contributed by atoms with E-state index in [0.29, 0.717) is 17.9 Å². The number of allylic oxidation sites excluding steroid dienone is 1. The van der Waals surface area contributed by atoms with Gasteiger partial charge in [0, 0.05) is 11.8 Å². The third kappa shape index (κ3) is 12.6. The second-order valence-corrected chi connectivity index (χ2v) is 15.6. The zero-order valence-corrected chi connectivity index (χ0v) is 32.8. The molecule has 13 heteroatoms. The molecule has 1 heterocycles. The Kier molecular flexibility index (Phi) is 16.6. The summed E-state index contributed by atoms with van der Waals surface area (Å²) in [6.07, 6.45) is 0.837. The number of benzene rings is 3. The summed E-state index contributed by atoms with van der Waals surface area (Å²) in [6, 6.07) is 28.1. The second kappa shape index (κ2) is 21.3. The Morgan fingerprint density at radius 1 is 0.800 bits per heavy atom. The van der Waals surface area contributed by atoms with Crippen molar-refractivity contribution >= 4 is 46.8 Å². The van der Waals surface area contributed by atoms with Crippen LogP contribution in [0.4, 0.5) is 0 Å².